The molecule has 116 valence electrons. The van der Waals surface area contributed by atoms with E-state index in [0.717, 1.165) is 25.7 Å². The molecular weight excluding hydrogens is 269 g/mol. The SMILES string of the molecule is CCCCOP(=O)(OCCCC)N(CCO)CCO. The third kappa shape index (κ3) is 8.02. The van der Waals surface area contributed by atoms with Crippen LogP contribution in [0.3, 0.4) is 0 Å². The Morgan fingerprint density at radius 2 is 1.37 bits per heavy atom. The highest BCUT2D eigenvalue weighted by Crippen LogP contribution is 2.51. The van der Waals surface area contributed by atoms with Crippen molar-refractivity contribution in [1.82, 2.24) is 4.67 Å². The standard InChI is InChI=1S/C12H28NO5P/c1-3-5-11-17-19(16,18-12-6-4-2)13(7-9-14)8-10-15/h14-15H,3-12H2,1-2H3. The van der Waals surface area contributed by atoms with E-state index in [2.05, 4.69) is 0 Å². The Hall–Kier alpha value is 0.0300. The fraction of sp³-hybridized carbons (Fsp3) is 1.00. The molecule has 0 aromatic carbocycles. The van der Waals surface area contributed by atoms with E-state index in [1.165, 1.54) is 4.67 Å². The third-order valence-corrected chi connectivity index (χ3v) is 4.68. The molecule has 0 saturated heterocycles. The van der Waals surface area contributed by atoms with Gasteiger partial charge in [0.2, 0.25) is 0 Å². The van der Waals surface area contributed by atoms with Gasteiger partial charge in [-0.15, -0.1) is 0 Å². The molecule has 0 saturated carbocycles. The normalized spacial score (nSPS) is 12.3. The second-order valence-electron chi connectivity index (χ2n) is 4.24. The van der Waals surface area contributed by atoms with Gasteiger partial charge in [0.25, 0.3) is 0 Å². The zero-order valence-corrected chi connectivity index (χ0v) is 13.0. The molecule has 0 atom stereocenters. The molecule has 0 aliphatic rings. The highest BCUT2D eigenvalue weighted by Gasteiger charge is 2.32. The van der Waals surface area contributed by atoms with E-state index in [0.29, 0.717) is 13.2 Å². The molecule has 0 aliphatic carbocycles. The van der Waals surface area contributed by atoms with Crippen LogP contribution >= 0.6 is 7.75 Å². The van der Waals surface area contributed by atoms with Crippen molar-refractivity contribution in [3.05, 3.63) is 0 Å². The molecule has 0 fully saturated rings. The van der Waals surface area contributed by atoms with Crippen molar-refractivity contribution in [1.29, 1.82) is 0 Å². The summed E-state index contributed by atoms with van der Waals surface area (Å²) >= 11 is 0. The van der Waals surface area contributed by atoms with Crippen LogP contribution in [0.25, 0.3) is 0 Å². The van der Waals surface area contributed by atoms with Crippen LogP contribution in [0.5, 0.6) is 0 Å². The summed E-state index contributed by atoms with van der Waals surface area (Å²) in [7, 11) is -3.41. The van der Waals surface area contributed by atoms with Crippen molar-refractivity contribution in [2.45, 2.75) is 39.5 Å². The first-order valence-electron chi connectivity index (χ1n) is 7.00. The minimum absolute atomic E-state index is 0.154. The van der Waals surface area contributed by atoms with E-state index in [9.17, 15) is 4.57 Å². The van der Waals surface area contributed by atoms with Crippen molar-refractivity contribution in [2.24, 2.45) is 0 Å². The summed E-state index contributed by atoms with van der Waals surface area (Å²) in [6, 6.07) is 0. The predicted molar refractivity (Wildman–Crippen MR) is 75.1 cm³/mol. The minimum atomic E-state index is -3.41. The van der Waals surface area contributed by atoms with Crippen LogP contribution in [-0.2, 0) is 13.6 Å². The summed E-state index contributed by atoms with van der Waals surface area (Å²) in [5.74, 6) is 0. The fourth-order valence-corrected chi connectivity index (χ4v) is 3.23. The van der Waals surface area contributed by atoms with E-state index in [1.54, 1.807) is 0 Å². The Bertz CT molecular complexity index is 232. The largest absolute Gasteiger partial charge is 0.408 e. The number of aliphatic hydroxyl groups is 2. The highest BCUT2D eigenvalue weighted by molar-refractivity contribution is 7.51. The lowest BCUT2D eigenvalue weighted by Gasteiger charge is -2.29. The van der Waals surface area contributed by atoms with E-state index in [1.807, 2.05) is 13.8 Å². The summed E-state index contributed by atoms with van der Waals surface area (Å²) in [6.07, 6.45) is 3.48. The summed E-state index contributed by atoms with van der Waals surface area (Å²) in [4.78, 5) is 0. The quantitative estimate of drug-likeness (QED) is 0.400. The molecule has 0 bridgehead atoms. The first-order chi connectivity index (χ1) is 9.14. The first kappa shape index (κ1) is 19.0. The maximum absolute atomic E-state index is 12.7. The highest BCUT2D eigenvalue weighted by atomic mass is 31.2. The zero-order chi connectivity index (χ0) is 14.6. The van der Waals surface area contributed by atoms with Crippen molar-refractivity contribution in [2.75, 3.05) is 39.5 Å². The van der Waals surface area contributed by atoms with Crippen molar-refractivity contribution in [3.63, 3.8) is 0 Å². The number of nitrogens with zero attached hydrogens (tertiary/aromatic N) is 1. The van der Waals surface area contributed by atoms with Gasteiger partial charge in [-0.05, 0) is 12.8 Å². The molecule has 0 aliphatic heterocycles. The molecule has 0 spiro atoms. The molecule has 0 aromatic heterocycles. The van der Waals surface area contributed by atoms with Gasteiger partial charge in [-0.1, -0.05) is 26.7 Å². The van der Waals surface area contributed by atoms with Gasteiger partial charge in [-0.25, -0.2) is 9.24 Å². The molecular formula is C12H28NO5P. The van der Waals surface area contributed by atoms with E-state index >= 15 is 0 Å². The number of hydrogen-bond acceptors (Lipinski definition) is 5. The van der Waals surface area contributed by atoms with Gasteiger partial charge in [-0.3, -0.25) is 9.05 Å². The van der Waals surface area contributed by atoms with Gasteiger partial charge in [0, 0.05) is 13.1 Å². The Labute approximate surface area is 116 Å². The van der Waals surface area contributed by atoms with Gasteiger partial charge in [-0.2, -0.15) is 0 Å². The third-order valence-electron chi connectivity index (χ3n) is 2.57. The van der Waals surface area contributed by atoms with E-state index < -0.39 is 7.75 Å². The smallest absolute Gasteiger partial charge is 0.395 e. The van der Waals surface area contributed by atoms with Crippen LogP contribution in [0, 0.1) is 0 Å². The average Bonchev–Trinajstić information content (AvgIpc) is 2.39. The van der Waals surface area contributed by atoms with Crippen LogP contribution in [0.4, 0.5) is 0 Å². The molecule has 0 aromatic rings. The van der Waals surface area contributed by atoms with Crippen LogP contribution in [0.1, 0.15) is 39.5 Å². The molecule has 0 radical (unpaired) electrons. The Balaban J connectivity index is 4.61. The number of hydrogen-bond donors (Lipinski definition) is 2. The molecule has 0 unspecified atom stereocenters. The molecule has 2 N–H and O–H groups in total. The van der Waals surface area contributed by atoms with Crippen molar-refractivity contribution < 1.29 is 23.8 Å². The molecule has 19 heavy (non-hydrogen) atoms. The second kappa shape index (κ2) is 11.8. The van der Waals surface area contributed by atoms with Crippen LogP contribution in [-0.4, -0.2) is 54.4 Å². The van der Waals surface area contributed by atoms with Crippen LogP contribution in [0.2, 0.25) is 0 Å². The Morgan fingerprint density at radius 1 is 0.947 bits per heavy atom. The lowest BCUT2D eigenvalue weighted by atomic mass is 10.4. The number of unbranched alkanes of at least 4 members (excludes halogenated alkanes) is 2. The lowest BCUT2D eigenvalue weighted by Crippen LogP contribution is -2.29. The Kier molecular flexibility index (Phi) is 11.8. The Morgan fingerprint density at radius 3 is 1.68 bits per heavy atom. The first-order valence-corrected chi connectivity index (χ1v) is 8.50. The number of rotatable bonds is 13. The molecule has 0 amide bonds. The van der Waals surface area contributed by atoms with Gasteiger partial charge in [0.05, 0.1) is 26.4 Å². The topological polar surface area (TPSA) is 79.2 Å². The van der Waals surface area contributed by atoms with Gasteiger partial charge < -0.3 is 10.2 Å². The summed E-state index contributed by atoms with van der Waals surface area (Å²) < 4.78 is 24.9. The monoisotopic (exact) mass is 297 g/mol. The summed E-state index contributed by atoms with van der Waals surface area (Å²) in [5, 5.41) is 18.0. The van der Waals surface area contributed by atoms with Crippen molar-refractivity contribution >= 4 is 7.75 Å². The predicted octanol–water partition coefficient (Wildman–Crippen LogP) is 2.01. The van der Waals surface area contributed by atoms with Gasteiger partial charge >= 0.3 is 7.75 Å². The summed E-state index contributed by atoms with van der Waals surface area (Å²) in [6.45, 7) is 4.76. The molecule has 0 rings (SSSR count). The van der Waals surface area contributed by atoms with Crippen LogP contribution in [0.15, 0.2) is 0 Å². The maximum atomic E-state index is 12.7. The summed E-state index contributed by atoms with van der Waals surface area (Å²) in [5.41, 5.74) is 0. The second-order valence-corrected chi connectivity index (χ2v) is 6.26. The van der Waals surface area contributed by atoms with E-state index in [4.69, 9.17) is 19.3 Å². The number of aliphatic hydroxyl groups excluding tert-OH is 2. The van der Waals surface area contributed by atoms with Gasteiger partial charge in [0.1, 0.15) is 0 Å². The van der Waals surface area contributed by atoms with Gasteiger partial charge in [0.15, 0.2) is 0 Å². The minimum Gasteiger partial charge on any atom is -0.395 e. The molecule has 6 nitrogen and oxygen atoms in total. The van der Waals surface area contributed by atoms with E-state index in [-0.39, 0.29) is 26.3 Å². The maximum Gasteiger partial charge on any atom is 0.408 e. The fourth-order valence-electron chi connectivity index (χ4n) is 1.44. The van der Waals surface area contributed by atoms with Crippen LogP contribution < -0.4 is 0 Å². The zero-order valence-electron chi connectivity index (χ0n) is 12.1. The van der Waals surface area contributed by atoms with Crippen molar-refractivity contribution in [3.8, 4) is 0 Å². The molecule has 7 heteroatoms. The average molecular weight is 297 g/mol. The molecule has 0 heterocycles. The lowest BCUT2D eigenvalue weighted by molar-refractivity contribution is 0.130.